The molecule has 0 radical (unpaired) electrons. The molecule has 0 fully saturated rings. The molecule has 2 N–H and O–H groups in total. The van der Waals surface area contributed by atoms with Crippen molar-refractivity contribution in [2.24, 2.45) is 0 Å². The Morgan fingerprint density at radius 2 is 1.76 bits per heavy atom. The molecule has 0 aromatic carbocycles. The maximum atomic E-state index is 5.74. The van der Waals surface area contributed by atoms with E-state index in [2.05, 4.69) is 29.0 Å². The van der Waals surface area contributed by atoms with Gasteiger partial charge >= 0.3 is 0 Å². The molecule has 0 spiro atoms. The lowest BCUT2D eigenvalue weighted by Crippen LogP contribution is -1.94. The average molecular weight is 245 g/mol. The van der Waals surface area contributed by atoms with Crippen molar-refractivity contribution in [3.63, 3.8) is 0 Å². The lowest BCUT2D eigenvalue weighted by atomic mass is 10.3. The summed E-state index contributed by atoms with van der Waals surface area (Å²) in [6.45, 7) is 5.98. The highest BCUT2D eigenvalue weighted by Gasteiger charge is 2.03. The van der Waals surface area contributed by atoms with Crippen molar-refractivity contribution in [3.8, 4) is 0 Å². The third-order valence-electron chi connectivity index (χ3n) is 2.38. The summed E-state index contributed by atoms with van der Waals surface area (Å²) in [5.41, 5.74) is 9.57. The van der Waals surface area contributed by atoms with E-state index in [-0.39, 0.29) is 0 Å². The van der Waals surface area contributed by atoms with Crippen molar-refractivity contribution in [1.82, 2.24) is 9.97 Å². The van der Waals surface area contributed by atoms with Crippen molar-refractivity contribution >= 4 is 17.4 Å². The normalized spacial score (nSPS) is 10.5. The Kier molecular flexibility index (Phi) is 3.33. The quantitative estimate of drug-likeness (QED) is 0.883. The van der Waals surface area contributed by atoms with Gasteiger partial charge in [0.1, 0.15) is 10.1 Å². The molecule has 2 rings (SSSR count). The fourth-order valence-electron chi connectivity index (χ4n) is 1.57. The highest BCUT2D eigenvalue weighted by Crippen LogP contribution is 2.26. The van der Waals surface area contributed by atoms with Gasteiger partial charge in [0.25, 0.3) is 0 Å². The van der Waals surface area contributed by atoms with Crippen LogP contribution in [0.1, 0.15) is 17.0 Å². The van der Waals surface area contributed by atoms with Crippen LogP contribution in [0.15, 0.2) is 34.3 Å². The Morgan fingerprint density at radius 3 is 2.41 bits per heavy atom. The lowest BCUT2D eigenvalue weighted by molar-refractivity contribution is 1.02. The molecule has 17 heavy (non-hydrogen) atoms. The Hall–Kier alpha value is -1.55. The Balaban J connectivity index is 2.28. The number of anilines is 1. The van der Waals surface area contributed by atoms with E-state index < -0.39 is 0 Å². The summed E-state index contributed by atoms with van der Waals surface area (Å²) in [5.74, 6) is 0. The lowest BCUT2D eigenvalue weighted by Gasteiger charge is -2.05. The summed E-state index contributed by atoms with van der Waals surface area (Å²) in [7, 11) is 0. The second kappa shape index (κ2) is 4.75. The standard InChI is InChI=1S/C13H15N3S/c1-8-6-9(2)15-13(7-8)17-12-5-4-11(14)10(3)16-12/h4-7H,14H2,1-3H3. The van der Waals surface area contributed by atoms with Gasteiger partial charge in [-0.1, -0.05) is 11.8 Å². The van der Waals surface area contributed by atoms with Gasteiger partial charge in [-0.25, -0.2) is 9.97 Å². The Bertz CT molecular complexity index is 532. The van der Waals surface area contributed by atoms with Gasteiger partial charge in [0.15, 0.2) is 0 Å². The zero-order valence-electron chi connectivity index (χ0n) is 10.2. The van der Waals surface area contributed by atoms with Crippen molar-refractivity contribution < 1.29 is 0 Å². The smallest absolute Gasteiger partial charge is 0.103 e. The van der Waals surface area contributed by atoms with Crippen LogP contribution in [0.25, 0.3) is 0 Å². The van der Waals surface area contributed by atoms with Crippen LogP contribution in [-0.2, 0) is 0 Å². The van der Waals surface area contributed by atoms with Crippen molar-refractivity contribution in [3.05, 3.63) is 41.2 Å². The summed E-state index contributed by atoms with van der Waals surface area (Å²) in [5, 5.41) is 1.90. The summed E-state index contributed by atoms with van der Waals surface area (Å²) < 4.78 is 0. The molecule has 0 unspecified atom stereocenters. The molecule has 0 amide bonds. The second-order valence-corrected chi connectivity index (χ2v) is 5.09. The first-order valence-corrected chi connectivity index (χ1v) is 6.22. The number of nitrogen functional groups attached to an aromatic ring is 1. The topological polar surface area (TPSA) is 51.8 Å². The molecular formula is C13H15N3S. The minimum atomic E-state index is 0.725. The van der Waals surface area contributed by atoms with Crippen LogP contribution in [0, 0.1) is 20.8 Å². The van der Waals surface area contributed by atoms with Crippen LogP contribution >= 0.6 is 11.8 Å². The molecule has 4 heteroatoms. The van der Waals surface area contributed by atoms with E-state index in [1.807, 2.05) is 26.0 Å². The van der Waals surface area contributed by atoms with Gasteiger partial charge in [0, 0.05) is 5.69 Å². The van der Waals surface area contributed by atoms with E-state index in [0.717, 1.165) is 27.1 Å². The van der Waals surface area contributed by atoms with Gasteiger partial charge in [-0.15, -0.1) is 0 Å². The minimum absolute atomic E-state index is 0.725. The number of nitrogens with two attached hydrogens (primary N) is 1. The first-order chi connectivity index (χ1) is 8.04. The Morgan fingerprint density at radius 1 is 1.00 bits per heavy atom. The van der Waals surface area contributed by atoms with E-state index in [9.17, 15) is 0 Å². The first-order valence-electron chi connectivity index (χ1n) is 5.41. The molecule has 2 aromatic heterocycles. The molecule has 88 valence electrons. The van der Waals surface area contributed by atoms with Crippen LogP contribution in [-0.4, -0.2) is 9.97 Å². The number of aromatic nitrogens is 2. The van der Waals surface area contributed by atoms with Crippen LogP contribution in [0.2, 0.25) is 0 Å². The third-order valence-corrected chi connectivity index (χ3v) is 3.24. The zero-order valence-corrected chi connectivity index (χ0v) is 11.0. The molecule has 0 saturated carbocycles. The maximum absolute atomic E-state index is 5.74. The van der Waals surface area contributed by atoms with E-state index in [0.29, 0.717) is 0 Å². The molecule has 3 nitrogen and oxygen atoms in total. The van der Waals surface area contributed by atoms with Gasteiger partial charge in [0.05, 0.1) is 11.4 Å². The zero-order chi connectivity index (χ0) is 12.4. The predicted molar refractivity (Wildman–Crippen MR) is 71.2 cm³/mol. The number of aryl methyl sites for hydroxylation is 3. The van der Waals surface area contributed by atoms with Gasteiger partial charge in [-0.05, 0) is 50.6 Å². The molecule has 0 saturated heterocycles. The molecule has 2 aromatic rings. The SMILES string of the molecule is Cc1cc(C)nc(Sc2ccc(N)c(C)n2)c1. The highest BCUT2D eigenvalue weighted by molar-refractivity contribution is 7.99. The largest absolute Gasteiger partial charge is 0.397 e. The molecule has 0 aliphatic carbocycles. The van der Waals surface area contributed by atoms with Crippen LogP contribution in [0.4, 0.5) is 5.69 Å². The summed E-state index contributed by atoms with van der Waals surface area (Å²) >= 11 is 1.56. The molecule has 0 atom stereocenters. The minimum Gasteiger partial charge on any atom is -0.397 e. The van der Waals surface area contributed by atoms with Gasteiger partial charge in [0.2, 0.25) is 0 Å². The van der Waals surface area contributed by atoms with E-state index >= 15 is 0 Å². The molecule has 2 heterocycles. The summed E-state index contributed by atoms with van der Waals surface area (Å²) in [4.78, 5) is 8.90. The van der Waals surface area contributed by atoms with Gasteiger partial charge in [-0.2, -0.15) is 0 Å². The highest BCUT2D eigenvalue weighted by atomic mass is 32.2. The van der Waals surface area contributed by atoms with Crippen molar-refractivity contribution in [1.29, 1.82) is 0 Å². The predicted octanol–water partition coefficient (Wildman–Crippen LogP) is 3.14. The number of hydrogen-bond acceptors (Lipinski definition) is 4. The monoisotopic (exact) mass is 245 g/mol. The number of rotatable bonds is 2. The Labute approximate surface area is 105 Å². The van der Waals surface area contributed by atoms with Crippen LogP contribution < -0.4 is 5.73 Å². The van der Waals surface area contributed by atoms with Crippen LogP contribution in [0.5, 0.6) is 0 Å². The van der Waals surface area contributed by atoms with E-state index in [1.54, 1.807) is 11.8 Å². The summed E-state index contributed by atoms with van der Waals surface area (Å²) in [6.07, 6.45) is 0. The fourth-order valence-corrected chi connectivity index (χ4v) is 2.54. The molecule has 0 aliphatic rings. The second-order valence-electron chi connectivity index (χ2n) is 4.05. The maximum Gasteiger partial charge on any atom is 0.103 e. The van der Waals surface area contributed by atoms with Crippen LogP contribution in [0.3, 0.4) is 0 Å². The number of hydrogen-bond donors (Lipinski definition) is 1. The first kappa shape index (κ1) is 11.9. The average Bonchev–Trinajstić information content (AvgIpc) is 2.22. The molecular weight excluding hydrogens is 230 g/mol. The summed E-state index contributed by atoms with van der Waals surface area (Å²) in [6, 6.07) is 7.93. The fraction of sp³-hybridized carbons (Fsp3) is 0.231. The number of nitrogens with zero attached hydrogens (tertiary/aromatic N) is 2. The number of pyridine rings is 2. The van der Waals surface area contributed by atoms with E-state index in [4.69, 9.17) is 5.73 Å². The third kappa shape index (κ3) is 2.97. The van der Waals surface area contributed by atoms with E-state index in [1.165, 1.54) is 5.56 Å². The van der Waals surface area contributed by atoms with Crippen molar-refractivity contribution in [2.45, 2.75) is 30.8 Å². The van der Waals surface area contributed by atoms with Gasteiger partial charge < -0.3 is 5.73 Å². The van der Waals surface area contributed by atoms with Gasteiger partial charge in [-0.3, -0.25) is 0 Å². The molecule has 0 aliphatic heterocycles. The molecule has 0 bridgehead atoms. The van der Waals surface area contributed by atoms with Crippen molar-refractivity contribution in [2.75, 3.05) is 5.73 Å².